The zero-order valence-corrected chi connectivity index (χ0v) is 18.1. The highest BCUT2D eigenvalue weighted by Crippen LogP contribution is 2.60. The molecule has 2 aromatic rings. The fraction of sp³-hybridized carbons (Fsp3) is 0.458. The molecule has 0 atom stereocenters. The maximum absolute atomic E-state index is 12.8. The van der Waals surface area contributed by atoms with Crippen molar-refractivity contribution in [3.63, 3.8) is 0 Å². The molecule has 4 saturated carbocycles. The molecule has 2 aromatic carbocycles. The molecule has 6 rings (SSSR count). The van der Waals surface area contributed by atoms with Crippen LogP contribution < -0.4 is 11.1 Å². The van der Waals surface area contributed by atoms with Crippen LogP contribution in [0, 0.1) is 24.7 Å². The zero-order valence-electron chi connectivity index (χ0n) is 16.6. The molecule has 0 saturated heterocycles. The van der Waals surface area contributed by atoms with Crippen molar-refractivity contribution in [2.75, 3.05) is 11.1 Å². The lowest BCUT2D eigenvalue weighted by Gasteiger charge is -2.57. The van der Waals surface area contributed by atoms with E-state index in [-0.39, 0.29) is 5.91 Å². The summed E-state index contributed by atoms with van der Waals surface area (Å²) in [5.41, 5.74) is 10.2. The Bertz CT molecular complexity index is 965. The number of halogens is 2. The van der Waals surface area contributed by atoms with E-state index in [0.717, 1.165) is 29.0 Å². The van der Waals surface area contributed by atoms with Crippen LogP contribution in [0.1, 0.15) is 60.0 Å². The van der Waals surface area contributed by atoms with Gasteiger partial charge in [-0.3, -0.25) is 4.79 Å². The molecule has 4 fully saturated rings. The summed E-state index contributed by atoms with van der Waals surface area (Å²) < 4.78 is 0. The summed E-state index contributed by atoms with van der Waals surface area (Å²) in [7, 11) is 0. The molecular weight excluding hydrogens is 403 g/mol. The predicted molar refractivity (Wildman–Crippen MR) is 120 cm³/mol. The van der Waals surface area contributed by atoms with Gasteiger partial charge in [-0.15, -0.1) is 0 Å². The Kier molecular flexibility index (Phi) is 4.60. The maximum Gasteiger partial charge on any atom is 0.257 e. The van der Waals surface area contributed by atoms with Crippen molar-refractivity contribution in [2.24, 2.45) is 17.8 Å². The van der Waals surface area contributed by atoms with Crippen molar-refractivity contribution in [3.05, 3.63) is 57.1 Å². The average Bonchev–Trinajstić information content (AvgIpc) is 2.65. The van der Waals surface area contributed by atoms with E-state index in [1.165, 1.54) is 56.2 Å². The third-order valence-corrected chi connectivity index (χ3v) is 8.10. The Morgan fingerprint density at radius 2 is 1.62 bits per heavy atom. The first-order valence-electron chi connectivity index (χ1n) is 10.5. The summed E-state index contributed by atoms with van der Waals surface area (Å²) >= 11 is 12.2. The second-order valence-electron chi connectivity index (χ2n) is 9.54. The van der Waals surface area contributed by atoms with Crippen LogP contribution in [-0.4, -0.2) is 5.91 Å². The van der Waals surface area contributed by atoms with Gasteiger partial charge in [0.2, 0.25) is 0 Å². The number of anilines is 2. The van der Waals surface area contributed by atoms with Crippen LogP contribution in [0.2, 0.25) is 10.0 Å². The molecule has 0 aliphatic heterocycles. The monoisotopic (exact) mass is 428 g/mol. The lowest BCUT2D eigenvalue weighted by molar-refractivity contribution is -0.00520. The van der Waals surface area contributed by atoms with Crippen molar-refractivity contribution >= 4 is 40.5 Å². The minimum absolute atomic E-state index is 0.274. The van der Waals surface area contributed by atoms with E-state index in [4.69, 9.17) is 28.9 Å². The quantitative estimate of drug-likeness (QED) is 0.540. The largest absolute Gasteiger partial charge is 0.398 e. The fourth-order valence-corrected chi connectivity index (χ4v) is 7.00. The highest BCUT2D eigenvalue weighted by molar-refractivity contribution is 6.38. The second kappa shape index (κ2) is 6.92. The van der Waals surface area contributed by atoms with Gasteiger partial charge in [-0.2, -0.15) is 0 Å². The Morgan fingerprint density at radius 1 is 1.00 bits per heavy atom. The van der Waals surface area contributed by atoms with Gasteiger partial charge in [0.15, 0.2) is 0 Å². The molecule has 4 bridgehead atoms. The van der Waals surface area contributed by atoms with Crippen LogP contribution >= 0.6 is 23.2 Å². The van der Waals surface area contributed by atoms with Gasteiger partial charge in [-0.05, 0) is 97.9 Å². The number of amides is 1. The number of hydrogen-bond donors (Lipinski definition) is 2. The molecule has 1 amide bonds. The minimum Gasteiger partial charge on any atom is -0.398 e. The molecule has 0 unspecified atom stereocenters. The fourth-order valence-electron chi connectivity index (χ4n) is 6.53. The Labute approximate surface area is 182 Å². The summed E-state index contributed by atoms with van der Waals surface area (Å²) in [6, 6.07) is 9.61. The van der Waals surface area contributed by atoms with Gasteiger partial charge in [0.25, 0.3) is 5.91 Å². The SMILES string of the molecule is Cc1cc(C23CC4CC(CC(C4)C2)C3)ccc1NC(=O)c1cc(N)c(Cl)cc1Cl. The van der Waals surface area contributed by atoms with Gasteiger partial charge >= 0.3 is 0 Å². The van der Waals surface area contributed by atoms with Crippen molar-refractivity contribution in [1.82, 2.24) is 0 Å². The first-order chi connectivity index (χ1) is 13.8. The molecule has 0 heterocycles. The number of nitrogens with one attached hydrogen (secondary N) is 1. The molecule has 29 heavy (non-hydrogen) atoms. The highest BCUT2D eigenvalue weighted by Gasteiger charge is 2.51. The van der Waals surface area contributed by atoms with E-state index < -0.39 is 0 Å². The first-order valence-corrected chi connectivity index (χ1v) is 11.3. The standard InChI is InChI=1S/C24H26Cl2N2O/c1-13-4-17(24-10-14-5-15(11-24)7-16(6-14)12-24)2-3-22(13)28-23(29)18-8-21(27)20(26)9-19(18)25/h2-4,8-9,14-16H,5-7,10-12,27H2,1H3,(H,28,29). The molecule has 152 valence electrons. The van der Waals surface area contributed by atoms with E-state index in [0.29, 0.717) is 26.7 Å². The number of nitrogen functional groups attached to an aromatic ring is 1. The molecule has 5 heteroatoms. The van der Waals surface area contributed by atoms with Gasteiger partial charge < -0.3 is 11.1 Å². The molecule has 0 aromatic heterocycles. The molecule has 0 radical (unpaired) electrons. The third-order valence-electron chi connectivity index (χ3n) is 7.46. The van der Waals surface area contributed by atoms with Crippen LogP contribution in [-0.2, 0) is 5.41 Å². The lowest BCUT2D eigenvalue weighted by atomic mass is 9.48. The van der Waals surface area contributed by atoms with Crippen LogP contribution in [0.3, 0.4) is 0 Å². The first kappa shape index (κ1) is 19.3. The number of aryl methyl sites for hydroxylation is 1. The summed E-state index contributed by atoms with van der Waals surface area (Å²) in [4.78, 5) is 12.8. The molecule has 0 spiro atoms. The number of carbonyl (C=O) groups excluding carboxylic acids is 1. The average molecular weight is 429 g/mol. The van der Waals surface area contributed by atoms with Crippen molar-refractivity contribution in [2.45, 2.75) is 50.9 Å². The van der Waals surface area contributed by atoms with Crippen molar-refractivity contribution in [3.8, 4) is 0 Å². The highest BCUT2D eigenvalue weighted by atomic mass is 35.5. The van der Waals surface area contributed by atoms with Crippen LogP contribution in [0.25, 0.3) is 0 Å². The molecule has 3 N–H and O–H groups in total. The maximum atomic E-state index is 12.8. The summed E-state index contributed by atoms with van der Waals surface area (Å²) in [5, 5.41) is 3.64. The smallest absolute Gasteiger partial charge is 0.257 e. The Hall–Kier alpha value is -1.71. The number of nitrogens with two attached hydrogens (primary N) is 1. The van der Waals surface area contributed by atoms with Crippen LogP contribution in [0.15, 0.2) is 30.3 Å². The van der Waals surface area contributed by atoms with E-state index in [2.05, 4.69) is 24.4 Å². The summed E-state index contributed by atoms with van der Waals surface area (Å²) in [5.74, 6) is 2.47. The Morgan fingerprint density at radius 3 is 2.21 bits per heavy atom. The number of hydrogen-bond acceptors (Lipinski definition) is 2. The number of rotatable bonds is 3. The number of benzene rings is 2. The zero-order chi connectivity index (χ0) is 20.3. The van der Waals surface area contributed by atoms with Gasteiger partial charge in [0, 0.05) is 5.69 Å². The molecule has 4 aliphatic carbocycles. The topological polar surface area (TPSA) is 55.1 Å². The van der Waals surface area contributed by atoms with Gasteiger partial charge in [0.05, 0.1) is 21.3 Å². The van der Waals surface area contributed by atoms with E-state index in [1.807, 2.05) is 6.07 Å². The third kappa shape index (κ3) is 3.33. The summed E-state index contributed by atoms with van der Waals surface area (Å²) in [6.07, 6.45) is 8.34. The normalized spacial score (nSPS) is 29.8. The number of carbonyl (C=O) groups is 1. The molecular formula is C24H26Cl2N2O. The minimum atomic E-state index is -0.274. The second-order valence-corrected chi connectivity index (χ2v) is 10.3. The summed E-state index contributed by atoms with van der Waals surface area (Å²) in [6.45, 7) is 2.07. The van der Waals surface area contributed by atoms with Crippen LogP contribution in [0.5, 0.6) is 0 Å². The van der Waals surface area contributed by atoms with Gasteiger partial charge in [-0.1, -0.05) is 35.3 Å². The molecule has 3 nitrogen and oxygen atoms in total. The van der Waals surface area contributed by atoms with Gasteiger partial charge in [0.1, 0.15) is 0 Å². The molecule has 4 aliphatic rings. The van der Waals surface area contributed by atoms with Crippen molar-refractivity contribution in [1.29, 1.82) is 0 Å². The predicted octanol–water partition coefficient (Wildman–Crippen LogP) is 6.60. The van der Waals surface area contributed by atoms with Gasteiger partial charge in [-0.25, -0.2) is 0 Å². The van der Waals surface area contributed by atoms with E-state index >= 15 is 0 Å². The van der Waals surface area contributed by atoms with Crippen molar-refractivity contribution < 1.29 is 4.79 Å². The van der Waals surface area contributed by atoms with E-state index in [1.54, 1.807) is 0 Å². The van der Waals surface area contributed by atoms with Crippen LogP contribution in [0.4, 0.5) is 11.4 Å². The lowest BCUT2D eigenvalue weighted by Crippen LogP contribution is -2.48. The van der Waals surface area contributed by atoms with E-state index in [9.17, 15) is 4.79 Å². The Balaban J connectivity index is 1.40.